The summed E-state index contributed by atoms with van der Waals surface area (Å²) in [5.74, 6) is -1.30. The Kier molecular flexibility index (Phi) is 6.88. The molecule has 1 aliphatic heterocycles. The van der Waals surface area contributed by atoms with Gasteiger partial charge in [-0.3, -0.25) is 14.9 Å². The summed E-state index contributed by atoms with van der Waals surface area (Å²) in [5, 5.41) is 8.35. The number of nitrogens with one attached hydrogen (secondary N) is 3. The van der Waals surface area contributed by atoms with Gasteiger partial charge in [0, 0.05) is 42.8 Å². The molecule has 176 valence electrons. The van der Waals surface area contributed by atoms with Crippen LogP contribution in [0, 0.1) is 23.5 Å². The largest absolute Gasteiger partial charge is 0.477 e. The molecular weight excluding hydrogens is 430 g/mol. The van der Waals surface area contributed by atoms with Gasteiger partial charge in [0.25, 0.3) is 0 Å². The number of aromatic nitrogens is 1. The number of halogens is 2. The molecule has 1 aromatic carbocycles. The third-order valence-electron chi connectivity index (χ3n) is 5.86. The highest BCUT2D eigenvalue weighted by Crippen LogP contribution is 2.31. The molecule has 2 atom stereocenters. The van der Waals surface area contributed by atoms with Crippen molar-refractivity contribution in [2.45, 2.75) is 51.9 Å². The molecule has 1 aliphatic carbocycles. The molecule has 2 unspecified atom stereocenters. The SMILES string of the molecule is CC(C)C(=O)NCc1ccc(F)c(C2NC(=O)CC(c3ccc(OCC4CC4)nc3)N2)c1F. The molecule has 3 N–H and O–H groups in total. The fourth-order valence-corrected chi connectivity index (χ4v) is 3.65. The summed E-state index contributed by atoms with van der Waals surface area (Å²) in [7, 11) is 0. The molecule has 2 aromatic rings. The number of hydrogen-bond acceptors (Lipinski definition) is 5. The van der Waals surface area contributed by atoms with Gasteiger partial charge in [-0.1, -0.05) is 26.0 Å². The smallest absolute Gasteiger partial charge is 0.223 e. The van der Waals surface area contributed by atoms with Crippen LogP contribution in [0.25, 0.3) is 0 Å². The van der Waals surface area contributed by atoms with Gasteiger partial charge < -0.3 is 15.4 Å². The zero-order valence-electron chi connectivity index (χ0n) is 18.7. The van der Waals surface area contributed by atoms with E-state index in [-0.39, 0.29) is 41.8 Å². The van der Waals surface area contributed by atoms with Crippen molar-refractivity contribution in [3.05, 3.63) is 58.8 Å². The molecule has 2 fully saturated rings. The van der Waals surface area contributed by atoms with Crippen molar-refractivity contribution in [2.75, 3.05) is 6.61 Å². The lowest BCUT2D eigenvalue weighted by molar-refractivity contribution is -0.125. The number of amides is 2. The summed E-state index contributed by atoms with van der Waals surface area (Å²) in [6.45, 7) is 4.02. The first-order valence-corrected chi connectivity index (χ1v) is 11.2. The van der Waals surface area contributed by atoms with E-state index in [1.807, 2.05) is 0 Å². The van der Waals surface area contributed by atoms with E-state index in [0.29, 0.717) is 18.4 Å². The quantitative estimate of drug-likeness (QED) is 0.565. The van der Waals surface area contributed by atoms with Gasteiger partial charge in [0.2, 0.25) is 17.7 Å². The molecule has 4 rings (SSSR count). The van der Waals surface area contributed by atoms with E-state index >= 15 is 4.39 Å². The number of carbonyl (C=O) groups excluding carboxylic acids is 2. The standard InChI is InChI=1S/C24H28F2N4O3/c1-13(2)24(32)28-11-16-5-7-17(25)21(22(16)26)23-29-18(9-19(31)30-23)15-6-8-20(27-10-15)33-12-14-3-4-14/h5-8,10,13-14,18,23,29H,3-4,9,11-12H2,1-2H3,(H,28,32)(H,30,31). The van der Waals surface area contributed by atoms with Crippen molar-refractivity contribution in [1.29, 1.82) is 0 Å². The van der Waals surface area contributed by atoms with Crippen LogP contribution in [0.15, 0.2) is 30.5 Å². The Morgan fingerprint density at radius 2 is 2.03 bits per heavy atom. The van der Waals surface area contributed by atoms with Crippen LogP contribution in [0.4, 0.5) is 8.78 Å². The molecule has 0 radical (unpaired) electrons. The van der Waals surface area contributed by atoms with Gasteiger partial charge in [-0.25, -0.2) is 13.8 Å². The molecule has 0 spiro atoms. The highest BCUT2D eigenvalue weighted by molar-refractivity contribution is 5.78. The predicted molar refractivity (Wildman–Crippen MR) is 117 cm³/mol. The summed E-state index contributed by atoms with van der Waals surface area (Å²) in [6, 6.07) is 5.49. The fraction of sp³-hybridized carbons (Fsp3) is 0.458. The number of ether oxygens (including phenoxy) is 1. The van der Waals surface area contributed by atoms with Gasteiger partial charge in [-0.2, -0.15) is 0 Å². The molecule has 2 heterocycles. The van der Waals surface area contributed by atoms with E-state index in [9.17, 15) is 14.0 Å². The molecule has 2 aliphatic rings. The average Bonchev–Trinajstić information content (AvgIpc) is 3.61. The summed E-state index contributed by atoms with van der Waals surface area (Å²) in [4.78, 5) is 28.5. The zero-order chi connectivity index (χ0) is 23.5. The maximum absolute atomic E-state index is 15.2. The molecule has 1 aromatic heterocycles. The highest BCUT2D eigenvalue weighted by Gasteiger charge is 2.32. The van der Waals surface area contributed by atoms with Crippen LogP contribution < -0.4 is 20.7 Å². The van der Waals surface area contributed by atoms with E-state index < -0.39 is 23.8 Å². The summed E-state index contributed by atoms with van der Waals surface area (Å²) in [6.07, 6.45) is 3.01. The first-order chi connectivity index (χ1) is 15.8. The number of carbonyl (C=O) groups is 2. The first-order valence-electron chi connectivity index (χ1n) is 11.2. The van der Waals surface area contributed by atoms with Crippen molar-refractivity contribution in [3.63, 3.8) is 0 Å². The van der Waals surface area contributed by atoms with Gasteiger partial charge in [-0.05, 0) is 30.4 Å². The Morgan fingerprint density at radius 1 is 1.24 bits per heavy atom. The minimum atomic E-state index is -1.07. The van der Waals surface area contributed by atoms with Crippen LogP contribution in [0.1, 0.15) is 62.0 Å². The summed E-state index contributed by atoms with van der Waals surface area (Å²) in [5.41, 5.74) is 0.564. The summed E-state index contributed by atoms with van der Waals surface area (Å²) >= 11 is 0. The number of benzene rings is 1. The molecular formula is C24H28F2N4O3. The Hall–Kier alpha value is -3.07. The lowest BCUT2D eigenvalue weighted by atomic mass is 9.98. The third kappa shape index (κ3) is 5.65. The van der Waals surface area contributed by atoms with Crippen LogP contribution in [0.2, 0.25) is 0 Å². The van der Waals surface area contributed by atoms with Crippen LogP contribution in [0.5, 0.6) is 5.88 Å². The molecule has 9 heteroatoms. The maximum atomic E-state index is 15.2. The predicted octanol–water partition coefficient (Wildman–Crippen LogP) is 3.27. The molecule has 7 nitrogen and oxygen atoms in total. The lowest BCUT2D eigenvalue weighted by Gasteiger charge is -2.32. The van der Waals surface area contributed by atoms with Crippen molar-refractivity contribution in [3.8, 4) is 5.88 Å². The van der Waals surface area contributed by atoms with Crippen LogP contribution in [0.3, 0.4) is 0 Å². The van der Waals surface area contributed by atoms with E-state index in [2.05, 4.69) is 20.9 Å². The van der Waals surface area contributed by atoms with Gasteiger partial charge in [-0.15, -0.1) is 0 Å². The van der Waals surface area contributed by atoms with Gasteiger partial charge >= 0.3 is 0 Å². The van der Waals surface area contributed by atoms with Gasteiger partial charge in [0.15, 0.2) is 0 Å². The maximum Gasteiger partial charge on any atom is 0.223 e. The average molecular weight is 459 g/mol. The second-order valence-corrected chi connectivity index (χ2v) is 8.91. The fourth-order valence-electron chi connectivity index (χ4n) is 3.65. The van der Waals surface area contributed by atoms with Crippen LogP contribution >= 0.6 is 0 Å². The minimum Gasteiger partial charge on any atom is -0.477 e. The molecule has 1 saturated carbocycles. The monoisotopic (exact) mass is 458 g/mol. The normalized spacial score (nSPS) is 20.5. The van der Waals surface area contributed by atoms with Gasteiger partial charge in [0.1, 0.15) is 17.8 Å². The first kappa shape index (κ1) is 23.1. The van der Waals surface area contributed by atoms with Crippen molar-refractivity contribution in [1.82, 2.24) is 20.9 Å². The minimum absolute atomic E-state index is 0.0769. The van der Waals surface area contributed by atoms with Crippen molar-refractivity contribution < 1.29 is 23.1 Å². The second kappa shape index (κ2) is 9.82. The van der Waals surface area contributed by atoms with E-state index in [0.717, 1.165) is 11.6 Å². The van der Waals surface area contributed by atoms with Crippen LogP contribution in [-0.4, -0.2) is 23.4 Å². The highest BCUT2D eigenvalue weighted by atomic mass is 19.1. The summed E-state index contributed by atoms with van der Waals surface area (Å²) < 4.78 is 35.5. The van der Waals surface area contributed by atoms with E-state index in [4.69, 9.17) is 4.74 Å². The second-order valence-electron chi connectivity index (χ2n) is 8.91. The number of rotatable bonds is 8. The molecule has 2 amide bonds. The van der Waals surface area contributed by atoms with Gasteiger partial charge in [0.05, 0.1) is 12.2 Å². The Morgan fingerprint density at radius 3 is 2.70 bits per heavy atom. The number of hydrogen-bond donors (Lipinski definition) is 3. The van der Waals surface area contributed by atoms with Crippen molar-refractivity contribution >= 4 is 11.8 Å². The lowest BCUT2D eigenvalue weighted by Crippen LogP contribution is -2.47. The number of nitrogens with zero attached hydrogens (tertiary/aromatic N) is 1. The number of pyridine rings is 1. The Labute approximate surface area is 191 Å². The van der Waals surface area contributed by atoms with Crippen molar-refractivity contribution in [2.24, 2.45) is 11.8 Å². The molecule has 33 heavy (non-hydrogen) atoms. The third-order valence-corrected chi connectivity index (χ3v) is 5.86. The van der Waals surface area contributed by atoms with Crippen LogP contribution in [-0.2, 0) is 16.1 Å². The Balaban J connectivity index is 1.49. The van der Waals surface area contributed by atoms with E-state index in [1.165, 1.54) is 18.9 Å². The topological polar surface area (TPSA) is 92.4 Å². The molecule has 0 bridgehead atoms. The Bertz CT molecular complexity index is 1030. The molecule has 1 saturated heterocycles. The zero-order valence-corrected chi connectivity index (χ0v) is 18.7. The van der Waals surface area contributed by atoms with E-state index in [1.54, 1.807) is 32.2 Å².